The number of nitrogens with one attached hydrogen (secondary N) is 2. The van der Waals surface area contributed by atoms with Gasteiger partial charge in [0.2, 0.25) is 10.0 Å². The molecule has 0 amide bonds. The van der Waals surface area contributed by atoms with E-state index in [4.69, 9.17) is 0 Å². The van der Waals surface area contributed by atoms with Crippen LogP contribution in [-0.2, 0) is 10.0 Å². The quantitative estimate of drug-likeness (QED) is 0.781. The Kier molecular flexibility index (Phi) is 5.40. The summed E-state index contributed by atoms with van der Waals surface area (Å²) in [6.07, 6.45) is 4.64. The molecule has 2 rings (SSSR count). The van der Waals surface area contributed by atoms with Gasteiger partial charge in [0, 0.05) is 12.6 Å². The number of likely N-dealkylation sites (tertiary alicyclic amines) is 1. The number of rotatable bonds is 6. The summed E-state index contributed by atoms with van der Waals surface area (Å²) >= 11 is 0. The number of piperidine rings is 1. The Labute approximate surface area is 127 Å². The molecule has 21 heavy (non-hydrogen) atoms. The molecule has 2 N–H and O–H groups in total. The molecule has 0 aromatic carbocycles. The summed E-state index contributed by atoms with van der Waals surface area (Å²) in [5.41, 5.74) is 1.11. The molecule has 1 atom stereocenters. The van der Waals surface area contributed by atoms with Crippen LogP contribution in [-0.4, -0.2) is 49.2 Å². The van der Waals surface area contributed by atoms with E-state index in [9.17, 15) is 8.42 Å². The smallest absolute Gasteiger partial charge is 0.244 e. The van der Waals surface area contributed by atoms with Gasteiger partial charge in [-0.3, -0.25) is 5.10 Å². The summed E-state index contributed by atoms with van der Waals surface area (Å²) in [5, 5.41) is 6.66. The molecule has 1 unspecified atom stereocenters. The number of sulfonamides is 1. The molecule has 0 saturated carbocycles. The Morgan fingerprint density at radius 1 is 1.38 bits per heavy atom. The topological polar surface area (TPSA) is 78.1 Å². The van der Waals surface area contributed by atoms with Crippen molar-refractivity contribution in [2.24, 2.45) is 0 Å². The summed E-state index contributed by atoms with van der Waals surface area (Å²) in [7, 11) is -3.46. The van der Waals surface area contributed by atoms with Crippen LogP contribution in [0.1, 0.15) is 44.0 Å². The maximum Gasteiger partial charge on any atom is 0.244 e. The first-order valence-corrected chi connectivity index (χ1v) is 9.15. The summed E-state index contributed by atoms with van der Waals surface area (Å²) in [5.74, 6) is 0. The van der Waals surface area contributed by atoms with Crippen LogP contribution in [0.3, 0.4) is 0 Å². The molecule has 0 radical (unpaired) electrons. The average molecular weight is 314 g/mol. The number of nitrogens with zero attached hydrogens (tertiary/aromatic N) is 2. The maximum absolute atomic E-state index is 12.3. The van der Waals surface area contributed by atoms with E-state index in [-0.39, 0.29) is 4.90 Å². The molecule has 1 aromatic heterocycles. The molecule has 1 aromatic rings. The van der Waals surface area contributed by atoms with Gasteiger partial charge in [-0.05, 0) is 53.1 Å². The first-order valence-electron chi connectivity index (χ1n) is 7.67. The molecular weight excluding hydrogens is 288 g/mol. The van der Waals surface area contributed by atoms with Crippen LogP contribution < -0.4 is 4.72 Å². The molecule has 1 fully saturated rings. The Morgan fingerprint density at radius 2 is 2.14 bits per heavy atom. The third-order valence-corrected chi connectivity index (χ3v) is 5.91. The zero-order valence-electron chi connectivity index (χ0n) is 13.1. The van der Waals surface area contributed by atoms with Gasteiger partial charge in [-0.2, -0.15) is 5.10 Å². The third kappa shape index (κ3) is 4.05. The standard InChI is InChI=1S/C14H26N4O2S/c1-11-7-4-5-9-18(11)10-6-8-15-21(19,20)14-12(2)16-17-13(14)3/h11,15H,4-10H2,1-3H3,(H,16,17). The minimum atomic E-state index is -3.46. The van der Waals surface area contributed by atoms with E-state index in [0.717, 1.165) is 19.5 Å². The highest BCUT2D eigenvalue weighted by Crippen LogP contribution is 2.17. The predicted octanol–water partition coefficient (Wildman–Crippen LogP) is 1.57. The minimum Gasteiger partial charge on any atom is -0.301 e. The van der Waals surface area contributed by atoms with Crippen molar-refractivity contribution >= 4 is 10.0 Å². The highest BCUT2D eigenvalue weighted by atomic mass is 32.2. The summed E-state index contributed by atoms with van der Waals surface area (Å²) in [6, 6.07) is 0.619. The van der Waals surface area contributed by atoms with Gasteiger partial charge in [0.15, 0.2) is 0 Å². The number of H-pyrrole nitrogens is 1. The number of aryl methyl sites for hydroxylation is 2. The zero-order chi connectivity index (χ0) is 15.5. The molecule has 2 heterocycles. The molecule has 1 aliphatic rings. The van der Waals surface area contributed by atoms with E-state index in [1.165, 1.54) is 19.3 Å². The van der Waals surface area contributed by atoms with Gasteiger partial charge in [0.1, 0.15) is 4.90 Å². The second kappa shape index (κ2) is 6.89. The van der Waals surface area contributed by atoms with Crippen LogP contribution >= 0.6 is 0 Å². The molecule has 0 spiro atoms. The zero-order valence-corrected chi connectivity index (χ0v) is 14.0. The van der Waals surface area contributed by atoms with Crippen molar-refractivity contribution in [3.8, 4) is 0 Å². The lowest BCUT2D eigenvalue weighted by molar-refractivity contribution is 0.159. The van der Waals surface area contributed by atoms with Crippen molar-refractivity contribution < 1.29 is 8.42 Å². The number of aromatic nitrogens is 2. The fraction of sp³-hybridized carbons (Fsp3) is 0.786. The lowest BCUT2D eigenvalue weighted by atomic mass is 10.0. The molecule has 0 bridgehead atoms. The maximum atomic E-state index is 12.3. The van der Waals surface area contributed by atoms with Crippen LogP contribution in [0.2, 0.25) is 0 Å². The van der Waals surface area contributed by atoms with E-state index in [2.05, 4.69) is 26.7 Å². The second-order valence-electron chi connectivity index (χ2n) is 5.90. The summed E-state index contributed by atoms with van der Waals surface area (Å²) < 4.78 is 27.2. The van der Waals surface area contributed by atoms with Gasteiger partial charge in [-0.25, -0.2) is 13.1 Å². The number of hydrogen-bond donors (Lipinski definition) is 2. The van der Waals surface area contributed by atoms with Crippen molar-refractivity contribution in [2.45, 2.75) is 57.4 Å². The van der Waals surface area contributed by atoms with Crippen molar-refractivity contribution in [3.63, 3.8) is 0 Å². The highest BCUT2D eigenvalue weighted by Gasteiger charge is 2.22. The van der Waals surface area contributed by atoms with Crippen LogP contribution in [0.4, 0.5) is 0 Å². The second-order valence-corrected chi connectivity index (χ2v) is 7.60. The van der Waals surface area contributed by atoms with E-state index in [1.54, 1.807) is 13.8 Å². The molecule has 0 aliphatic carbocycles. The fourth-order valence-corrected chi connectivity index (χ4v) is 4.43. The molecule has 1 saturated heterocycles. The van der Waals surface area contributed by atoms with Gasteiger partial charge in [-0.1, -0.05) is 6.42 Å². The van der Waals surface area contributed by atoms with Gasteiger partial charge in [0.25, 0.3) is 0 Å². The van der Waals surface area contributed by atoms with Crippen molar-refractivity contribution in [3.05, 3.63) is 11.4 Å². The summed E-state index contributed by atoms with van der Waals surface area (Å²) in [4.78, 5) is 2.74. The molecule has 120 valence electrons. The monoisotopic (exact) mass is 314 g/mol. The van der Waals surface area contributed by atoms with Crippen molar-refractivity contribution in [2.75, 3.05) is 19.6 Å². The van der Waals surface area contributed by atoms with Crippen molar-refractivity contribution in [1.82, 2.24) is 19.8 Å². The largest absolute Gasteiger partial charge is 0.301 e. The summed E-state index contributed by atoms with van der Waals surface area (Å²) in [6.45, 7) is 8.23. The van der Waals surface area contributed by atoms with Crippen LogP contribution in [0.25, 0.3) is 0 Å². The molecule has 1 aliphatic heterocycles. The SMILES string of the molecule is Cc1n[nH]c(C)c1S(=O)(=O)NCCCN1CCCCC1C. The van der Waals surface area contributed by atoms with Gasteiger partial charge < -0.3 is 4.90 Å². The fourth-order valence-electron chi connectivity index (χ4n) is 2.99. The Balaban J connectivity index is 1.83. The van der Waals surface area contributed by atoms with E-state index in [1.807, 2.05) is 0 Å². The minimum absolute atomic E-state index is 0.286. The van der Waals surface area contributed by atoms with Gasteiger partial charge in [-0.15, -0.1) is 0 Å². The first-order chi connectivity index (χ1) is 9.92. The molecular formula is C14H26N4O2S. The van der Waals surface area contributed by atoms with Gasteiger partial charge >= 0.3 is 0 Å². The van der Waals surface area contributed by atoms with E-state index < -0.39 is 10.0 Å². The van der Waals surface area contributed by atoms with Crippen molar-refractivity contribution in [1.29, 1.82) is 0 Å². The van der Waals surface area contributed by atoms with Crippen LogP contribution in [0, 0.1) is 13.8 Å². The first kappa shape index (κ1) is 16.5. The van der Waals surface area contributed by atoms with Crippen LogP contribution in [0.5, 0.6) is 0 Å². The number of hydrogen-bond acceptors (Lipinski definition) is 4. The molecule has 7 heteroatoms. The van der Waals surface area contributed by atoms with Gasteiger partial charge in [0.05, 0.1) is 11.4 Å². The number of aromatic amines is 1. The van der Waals surface area contributed by atoms with E-state index in [0.29, 0.717) is 24.0 Å². The lowest BCUT2D eigenvalue weighted by Crippen LogP contribution is -2.39. The van der Waals surface area contributed by atoms with Crippen LogP contribution in [0.15, 0.2) is 4.90 Å². The van der Waals surface area contributed by atoms with E-state index >= 15 is 0 Å². The Morgan fingerprint density at radius 3 is 2.76 bits per heavy atom. The predicted molar refractivity (Wildman–Crippen MR) is 82.8 cm³/mol. The lowest BCUT2D eigenvalue weighted by Gasteiger charge is -2.33. The molecule has 6 nitrogen and oxygen atoms in total. The Bertz CT molecular complexity index is 548. The highest BCUT2D eigenvalue weighted by molar-refractivity contribution is 7.89. The third-order valence-electron chi connectivity index (χ3n) is 4.18. The normalized spacial score (nSPS) is 20.8. The Hall–Kier alpha value is -0.920. The average Bonchev–Trinajstić information content (AvgIpc) is 2.77.